The van der Waals surface area contributed by atoms with Crippen LogP contribution in [0.15, 0.2) is 72.9 Å². The summed E-state index contributed by atoms with van der Waals surface area (Å²) in [4.78, 5) is 19.5. The molecular formula is C27H27N5O. The van der Waals surface area contributed by atoms with Crippen molar-refractivity contribution < 1.29 is 4.79 Å². The number of pyridine rings is 1. The molecule has 1 aliphatic heterocycles. The number of nitrogens with one attached hydrogen (secondary N) is 1. The van der Waals surface area contributed by atoms with Crippen LogP contribution in [0.3, 0.4) is 0 Å². The number of carbonyl (C=O) groups is 1. The van der Waals surface area contributed by atoms with Gasteiger partial charge in [0, 0.05) is 42.8 Å². The minimum Gasteiger partial charge on any atom is -0.367 e. The summed E-state index contributed by atoms with van der Waals surface area (Å²) in [5, 5.41) is 7.44. The van der Waals surface area contributed by atoms with Gasteiger partial charge >= 0.3 is 0 Å². The van der Waals surface area contributed by atoms with Crippen molar-refractivity contribution in [3.05, 3.63) is 107 Å². The Kier molecular flexibility index (Phi) is 5.65. The Labute approximate surface area is 193 Å². The van der Waals surface area contributed by atoms with Gasteiger partial charge in [0.2, 0.25) is 0 Å². The van der Waals surface area contributed by atoms with E-state index in [0.717, 1.165) is 48.0 Å². The normalized spacial score (nSPS) is 13.0. The van der Waals surface area contributed by atoms with Crippen LogP contribution in [0.1, 0.15) is 38.4 Å². The number of fused-ring (bicyclic) bond motifs is 1. The fraction of sp³-hybridized carbons (Fsp3) is 0.222. The first-order valence-corrected chi connectivity index (χ1v) is 11.3. The molecule has 3 heterocycles. The summed E-state index contributed by atoms with van der Waals surface area (Å²) in [7, 11) is 0. The van der Waals surface area contributed by atoms with Gasteiger partial charge in [0.1, 0.15) is 0 Å². The molecule has 6 nitrogen and oxygen atoms in total. The topological polar surface area (TPSA) is 63.1 Å². The molecule has 6 heteroatoms. The van der Waals surface area contributed by atoms with Gasteiger partial charge < -0.3 is 10.2 Å². The summed E-state index contributed by atoms with van der Waals surface area (Å²) in [6.07, 6.45) is 2.83. The number of hydrogen-bond acceptors (Lipinski definition) is 4. The van der Waals surface area contributed by atoms with Crippen molar-refractivity contribution in [1.82, 2.24) is 20.1 Å². The van der Waals surface area contributed by atoms with Crippen LogP contribution < -0.4 is 10.2 Å². The summed E-state index contributed by atoms with van der Waals surface area (Å²) in [6.45, 7) is 6.29. The minimum atomic E-state index is -0.0897. The summed E-state index contributed by atoms with van der Waals surface area (Å²) < 4.78 is 1.82. The zero-order valence-electron chi connectivity index (χ0n) is 19.0. The summed E-state index contributed by atoms with van der Waals surface area (Å²) in [6, 6.07) is 22.4. The number of amides is 1. The van der Waals surface area contributed by atoms with Crippen LogP contribution in [0.5, 0.6) is 0 Å². The number of aryl methyl sites for hydroxylation is 2. The van der Waals surface area contributed by atoms with Crippen LogP contribution in [-0.2, 0) is 19.5 Å². The monoisotopic (exact) mass is 437 g/mol. The molecule has 0 radical (unpaired) electrons. The lowest BCUT2D eigenvalue weighted by Gasteiger charge is -2.30. The van der Waals surface area contributed by atoms with Crippen molar-refractivity contribution in [2.45, 2.75) is 33.4 Å². The van der Waals surface area contributed by atoms with E-state index in [4.69, 9.17) is 0 Å². The molecule has 1 aliphatic rings. The highest BCUT2D eigenvalue weighted by molar-refractivity contribution is 5.94. The number of benzene rings is 2. The van der Waals surface area contributed by atoms with Crippen molar-refractivity contribution in [3.8, 4) is 5.82 Å². The minimum absolute atomic E-state index is 0.0897. The van der Waals surface area contributed by atoms with Gasteiger partial charge in [0.05, 0.1) is 5.69 Å². The van der Waals surface area contributed by atoms with E-state index in [2.05, 4.69) is 44.6 Å². The van der Waals surface area contributed by atoms with Gasteiger partial charge in [-0.3, -0.25) is 4.79 Å². The third-order valence-electron chi connectivity index (χ3n) is 6.11. The maximum absolute atomic E-state index is 12.6. The molecule has 0 atom stereocenters. The Balaban J connectivity index is 1.19. The first kappa shape index (κ1) is 20.9. The maximum Gasteiger partial charge on any atom is 0.251 e. The van der Waals surface area contributed by atoms with Crippen molar-refractivity contribution >= 4 is 11.6 Å². The summed E-state index contributed by atoms with van der Waals surface area (Å²) >= 11 is 0. The second-order valence-corrected chi connectivity index (χ2v) is 8.53. The molecule has 0 saturated heterocycles. The van der Waals surface area contributed by atoms with Crippen LogP contribution >= 0.6 is 0 Å². The Hall–Kier alpha value is -3.93. The average Bonchev–Trinajstić information content (AvgIpc) is 3.20. The molecule has 1 N–H and O–H groups in total. The molecule has 2 aromatic heterocycles. The molecule has 2 aromatic carbocycles. The van der Waals surface area contributed by atoms with Gasteiger partial charge in [-0.1, -0.05) is 30.3 Å². The molecule has 0 spiro atoms. The third kappa shape index (κ3) is 4.51. The van der Waals surface area contributed by atoms with Crippen LogP contribution in [0, 0.1) is 13.8 Å². The van der Waals surface area contributed by atoms with E-state index in [1.807, 2.05) is 61.0 Å². The lowest BCUT2D eigenvalue weighted by molar-refractivity contribution is 0.0951. The van der Waals surface area contributed by atoms with Gasteiger partial charge in [-0.05, 0) is 73.4 Å². The fourth-order valence-corrected chi connectivity index (χ4v) is 4.33. The van der Waals surface area contributed by atoms with Gasteiger partial charge in [-0.25, -0.2) is 9.67 Å². The molecule has 33 heavy (non-hydrogen) atoms. The second kappa shape index (κ2) is 8.90. The van der Waals surface area contributed by atoms with Crippen LogP contribution in [0.25, 0.3) is 5.82 Å². The van der Waals surface area contributed by atoms with E-state index in [-0.39, 0.29) is 5.91 Å². The SMILES string of the molecule is Cc1cc(C)n(-c2ccc(CNC(=O)c3ccc(N4CCc5ccccc5C4)cc3)cn2)n1. The molecule has 166 valence electrons. The van der Waals surface area contributed by atoms with E-state index in [1.54, 1.807) is 6.20 Å². The lowest BCUT2D eigenvalue weighted by atomic mass is 9.99. The van der Waals surface area contributed by atoms with Crippen molar-refractivity contribution in [2.24, 2.45) is 0 Å². The highest BCUT2D eigenvalue weighted by Crippen LogP contribution is 2.24. The predicted molar refractivity (Wildman–Crippen MR) is 130 cm³/mol. The molecule has 0 aliphatic carbocycles. The number of carbonyl (C=O) groups excluding carboxylic acids is 1. The quantitative estimate of drug-likeness (QED) is 0.503. The standard InChI is InChI=1S/C27H27N5O/c1-19-15-20(2)32(30-19)26-12-7-21(16-28-26)17-29-27(33)23-8-10-25(11-9-23)31-14-13-22-5-3-4-6-24(22)18-31/h3-12,15-16H,13-14,17-18H2,1-2H3,(H,29,33). The van der Waals surface area contributed by atoms with Gasteiger partial charge in [-0.2, -0.15) is 5.10 Å². The summed E-state index contributed by atoms with van der Waals surface area (Å²) in [5.41, 5.74) is 7.55. The molecule has 0 fully saturated rings. The molecular weight excluding hydrogens is 410 g/mol. The van der Waals surface area contributed by atoms with Crippen molar-refractivity contribution in [1.29, 1.82) is 0 Å². The second-order valence-electron chi connectivity index (χ2n) is 8.53. The van der Waals surface area contributed by atoms with Gasteiger partial charge in [0.15, 0.2) is 5.82 Å². The zero-order valence-corrected chi connectivity index (χ0v) is 19.0. The Bertz CT molecular complexity index is 1270. The molecule has 0 unspecified atom stereocenters. The van der Waals surface area contributed by atoms with Crippen LogP contribution in [-0.4, -0.2) is 27.2 Å². The smallest absolute Gasteiger partial charge is 0.251 e. The average molecular weight is 438 g/mol. The number of anilines is 1. The molecule has 0 saturated carbocycles. The highest BCUT2D eigenvalue weighted by Gasteiger charge is 2.16. The number of hydrogen-bond donors (Lipinski definition) is 1. The van der Waals surface area contributed by atoms with Crippen molar-refractivity contribution in [2.75, 3.05) is 11.4 Å². The maximum atomic E-state index is 12.6. The van der Waals surface area contributed by atoms with Gasteiger partial charge in [0.25, 0.3) is 5.91 Å². The highest BCUT2D eigenvalue weighted by atomic mass is 16.1. The van der Waals surface area contributed by atoms with E-state index in [1.165, 1.54) is 11.1 Å². The molecule has 0 bridgehead atoms. The largest absolute Gasteiger partial charge is 0.367 e. The molecule has 5 rings (SSSR count). The zero-order chi connectivity index (χ0) is 22.8. The van der Waals surface area contributed by atoms with E-state index >= 15 is 0 Å². The predicted octanol–water partition coefficient (Wildman–Crippen LogP) is 4.38. The number of nitrogens with zero attached hydrogens (tertiary/aromatic N) is 4. The van der Waals surface area contributed by atoms with Crippen LogP contribution in [0.4, 0.5) is 5.69 Å². The van der Waals surface area contributed by atoms with E-state index in [9.17, 15) is 4.79 Å². The molecule has 1 amide bonds. The fourth-order valence-electron chi connectivity index (χ4n) is 4.33. The van der Waals surface area contributed by atoms with E-state index < -0.39 is 0 Å². The Morgan fingerprint density at radius 3 is 2.48 bits per heavy atom. The van der Waals surface area contributed by atoms with Crippen molar-refractivity contribution in [3.63, 3.8) is 0 Å². The first-order chi connectivity index (χ1) is 16.1. The number of rotatable bonds is 5. The molecule has 4 aromatic rings. The Morgan fingerprint density at radius 1 is 1.00 bits per heavy atom. The Morgan fingerprint density at radius 2 is 1.79 bits per heavy atom. The third-order valence-corrected chi connectivity index (χ3v) is 6.11. The van der Waals surface area contributed by atoms with Gasteiger partial charge in [-0.15, -0.1) is 0 Å². The lowest BCUT2D eigenvalue weighted by Crippen LogP contribution is -2.30. The number of aromatic nitrogens is 3. The van der Waals surface area contributed by atoms with E-state index in [0.29, 0.717) is 12.1 Å². The summed E-state index contributed by atoms with van der Waals surface area (Å²) in [5.74, 6) is 0.680. The first-order valence-electron chi connectivity index (χ1n) is 11.3. The van der Waals surface area contributed by atoms with Crippen LogP contribution in [0.2, 0.25) is 0 Å².